The van der Waals surface area contributed by atoms with Gasteiger partial charge < -0.3 is 4.84 Å². The van der Waals surface area contributed by atoms with E-state index in [-0.39, 0.29) is 0 Å². The second kappa shape index (κ2) is 4.04. The van der Waals surface area contributed by atoms with Gasteiger partial charge in [-0.25, -0.2) is 4.73 Å². The molecule has 1 saturated heterocycles. The van der Waals surface area contributed by atoms with Gasteiger partial charge in [0.15, 0.2) is 8.24 Å². The summed E-state index contributed by atoms with van der Waals surface area (Å²) < 4.78 is 2.35. The summed E-state index contributed by atoms with van der Waals surface area (Å²) in [7, 11) is -1.63. The summed E-state index contributed by atoms with van der Waals surface area (Å²) >= 11 is 0. The van der Waals surface area contributed by atoms with Gasteiger partial charge in [-0.1, -0.05) is 26.2 Å². The molecule has 0 aromatic carbocycles. The highest BCUT2D eigenvalue weighted by molar-refractivity contribution is 6.75. The fraction of sp³-hybridized carbons (Fsp3) is 1.00. The van der Waals surface area contributed by atoms with E-state index in [0.29, 0.717) is 0 Å². The normalized spacial score (nSPS) is 24.8. The molecule has 0 bridgehead atoms. The maximum Gasteiger partial charge on any atom is 0.154 e. The van der Waals surface area contributed by atoms with E-state index in [2.05, 4.69) is 30.9 Å². The predicted octanol–water partition coefficient (Wildman–Crippen LogP) is 1.85. The van der Waals surface area contributed by atoms with Crippen LogP contribution in [0.5, 0.6) is 0 Å². The average Bonchev–Trinajstić information content (AvgIpc) is 1.92. The first-order valence-electron chi connectivity index (χ1n) is 4.93. The molecule has 0 aliphatic carbocycles. The van der Waals surface area contributed by atoms with Crippen molar-refractivity contribution in [1.82, 2.24) is 4.73 Å². The number of rotatable bonds is 2. The Labute approximate surface area is 78.6 Å². The fourth-order valence-corrected chi connectivity index (χ4v) is 7.15. The van der Waals surface area contributed by atoms with Crippen molar-refractivity contribution in [1.29, 1.82) is 0 Å². The highest BCUT2D eigenvalue weighted by Crippen LogP contribution is 2.22. The van der Waals surface area contributed by atoms with Gasteiger partial charge in [0, 0.05) is 15.0 Å². The van der Waals surface area contributed by atoms with Crippen molar-refractivity contribution in [2.75, 3.05) is 12.8 Å². The van der Waals surface area contributed by atoms with Crippen molar-refractivity contribution in [2.45, 2.75) is 38.7 Å². The molecule has 12 heavy (non-hydrogen) atoms. The van der Waals surface area contributed by atoms with Crippen LogP contribution in [-0.4, -0.2) is 34.5 Å². The van der Waals surface area contributed by atoms with Gasteiger partial charge in [-0.3, -0.25) is 0 Å². The lowest BCUT2D eigenvalue weighted by Gasteiger charge is -2.40. The van der Waals surface area contributed by atoms with Gasteiger partial charge in [0.2, 0.25) is 0 Å². The third-order valence-corrected chi connectivity index (χ3v) is 7.05. The predicted molar refractivity (Wildman–Crippen MR) is 58.4 cm³/mol. The highest BCUT2D eigenvalue weighted by Gasteiger charge is 2.33. The third-order valence-electron chi connectivity index (χ3n) is 2.39. The molecule has 1 aliphatic rings. The molecule has 0 amide bonds. The third kappa shape index (κ3) is 2.69. The zero-order valence-corrected chi connectivity index (χ0v) is 10.9. The zero-order chi connectivity index (χ0) is 9.19. The maximum absolute atomic E-state index is 5.73. The Kier molecular flexibility index (Phi) is 3.51. The van der Waals surface area contributed by atoms with Crippen molar-refractivity contribution in [3.05, 3.63) is 0 Å². The molecule has 0 unspecified atom stereocenters. The molecule has 0 spiro atoms. The Bertz CT molecular complexity index is 150. The molecular weight excluding hydrogens is 182 g/mol. The van der Waals surface area contributed by atoms with Crippen LogP contribution in [0.25, 0.3) is 0 Å². The van der Waals surface area contributed by atoms with Crippen molar-refractivity contribution in [3.63, 3.8) is 0 Å². The van der Waals surface area contributed by atoms with Crippen LogP contribution in [0.4, 0.5) is 0 Å². The molecule has 72 valence electrons. The van der Waals surface area contributed by atoms with Gasteiger partial charge in [0.25, 0.3) is 0 Å². The SMILES string of the molecule is C[SiH](C)CN1OCCC[Si]1(C)C. The van der Waals surface area contributed by atoms with Gasteiger partial charge in [-0.2, -0.15) is 0 Å². The summed E-state index contributed by atoms with van der Waals surface area (Å²) in [4.78, 5) is 5.73. The minimum absolute atomic E-state index is 0.490. The molecule has 4 heteroatoms. The van der Waals surface area contributed by atoms with Crippen molar-refractivity contribution in [3.8, 4) is 0 Å². The Morgan fingerprint density at radius 1 is 1.42 bits per heavy atom. The smallest absolute Gasteiger partial charge is 0.154 e. The standard InChI is InChI=1S/C8H21NOSi2/c1-11(2)8-9-10-6-5-7-12(9,3)4/h11H,5-8H2,1-4H3. The number of nitrogens with zero attached hydrogens (tertiary/aromatic N) is 1. The Balaban J connectivity index is 2.48. The van der Waals surface area contributed by atoms with E-state index >= 15 is 0 Å². The molecule has 0 aromatic rings. The fourth-order valence-electron chi connectivity index (χ4n) is 1.61. The van der Waals surface area contributed by atoms with Gasteiger partial charge in [-0.15, -0.1) is 0 Å². The van der Waals surface area contributed by atoms with Crippen LogP contribution in [-0.2, 0) is 4.84 Å². The quantitative estimate of drug-likeness (QED) is 0.635. The average molecular weight is 203 g/mol. The van der Waals surface area contributed by atoms with Gasteiger partial charge in [0.05, 0.1) is 6.61 Å². The second-order valence-corrected chi connectivity index (χ2v) is 12.5. The highest BCUT2D eigenvalue weighted by atomic mass is 28.3. The summed E-state index contributed by atoms with van der Waals surface area (Å²) in [6, 6.07) is 1.41. The number of hydrogen-bond acceptors (Lipinski definition) is 2. The van der Waals surface area contributed by atoms with Crippen molar-refractivity contribution in [2.24, 2.45) is 0 Å². The molecular formula is C8H21NOSi2. The molecule has 0 N–H and O–H groups in total. The molecule has 0 saturated carbocycles. The van der Waals surface area contributed by atoms with Gasteiger partial charge in [0.1, 0.15) is 0 Å². The molecule has 1 aliphatic heterocycles. The molecule has 2 nitrogen and oxygen atoms in total. The Morgan fingerprint density at radius 2 is 2.08 bits per heavy atom. The van der Waals surface area contributed by atoms with E-state index in [1.807, 2.05) is 0 Å². The molecule has 0 radical (unpaired) electrons. The van der Waals surface area contributed by atoms with Crippen LogP contribution >= 0.6 is 0 Å². The summed E-state index contributed by atoms with van der Waals surface area (Å²) in [5.74, 6) is 0. The van der Waals surface area contributed by atoms with Crippen LogP contribution < -0.4 is 0 Å². The van der Waals surface area contributed by atoms with Crippen molar-refractivity contribution >= 4 is 17.0 Å². The monoisotopic (exact) mass is 203 g/mol. The zero-order valence-electron chi connectivity index (χ0n) is 8.76. The minimum Gasteiger partial charge on any atom is -0.306 e. The number of hydroxylamine groups is 1. The van der Waals surface area contributed by atoms with E-state index in [0.717, 1.165) is 6.61 Å². The van der Waals surface area contributed by atoms with E-state index in [1.165, 1.54) is 18.6 Å². The summed E-state index contributed by atoms with van der Waals surface area (Å²) in [5.41, 5.74) is 0. The van der Waals surface area contributed by atoms with Crippen LogP contribution in [0.2, 0.25) is 32.2 Å². The lowest BCUT2D eigenvalue weighted by molar-refractivity contribution is -0.0954. The lowest BCUT2D eigenvalue weighted by atomic mass is 10.5. The largest absolute Gasteiger partial charge is 0.306 e. The van der Waals surface area contributed by atoms with Gasteiger partial charge in [-0.05, 0) is 12.5 Å². The topological polar surface area (TPSA) is 12.5 Å². The van der Waals surface area contributed by atoms with Crippen molar-refractivity contribution < 1.29 is 4.84 Å². The summed E-state index contributed by atoms with van der Waals surface area (Å²) in [6.07, 6.45) is 2.52. The minimum atomic E-state index is -1.14. The molecule has 0 atom stereocenters. The van der Waals surface area contributed by atoms with E-state index in [9.17, 15) is 0 Å². The van der Waals surface area contributed by atoms with Crippen LogP contribution in [0, 0.1) is 0 Å². The maximum atomic E-state index is 5.73. The van der Waals surface area contributed by atoms with E-state index in [4.69, 9.17) is 4.84 Å². The second-order valence-electron chi connectivity index (χ2n) is 4.70. The Hall–Kier alpha value is 0.354. The molecule has 1 heterocycles. The lowest BCUT2D eigenvalue weighted by Crippen LogP contribution is -2.54. The van der Waals surface area contributed by atoms with Crippen LogP contribution in [0.3, 0.4) is 0 Å². The molecule has 1 rings (SSSR count). The van der Waals surface area contributed by atoms with E-state index in [1.54, 1.807) is 0 Å². The molecule has 1 fully saturated rings. The first-order chi connectivity index (χ1) is 5.52. The first kappa shape index (κ1) is 10.4. The molecule has 0 aromatic heterocycles. The van der Waals surface area contributed by atoms with Crippen LogP contribution in [0.15, 0.2) is 0 Å². The van der Waals surface area contributed by atoms with Crippen LogP contribution in [0.1, 0.15) is 6.42 Å². The Morgan fingerprint density at radius 3 is 2.58 bits per heavy atom. The van der Waals surface area contributed by atoms with E-state index < -0.39 is 17.0 Å². The first-order valence-corrected chi connectivity index (χ1v) is 11.2. The summed E-state index contributed by atoms with van der Waals surface area (Å²) in [5, 5.41) is 0. The van der Waals surface area contributed by atoms with Gasteiger partial charge >= 0.3 is 0 Å². The number of hydrogen-bond donors (Lipinski definition) is 0. The summed E-state index contributed by atoms with van der Waals surface area (Å²) in [6.45, 7) is 10.6.